The number of piperazine rings is 1. The van der Waals surface area contributed by atoms with Gasteiger partial charge in [0.15, 0.2) is 11.5 Å². The Morgan fingerprint density at radius 3 is 2.65 bits per heavy atom. The summed E-state index contributed by atoms with van der Waals surface area (Å²) in [5.41, 5.74) is 1.87. The second-order valence-electron chi connectivity index (χ2n) is 6.49. The molecule has 1 saturated heterocycles. The Labute approximate surface area is 152 Å². The maximum atomic E-state index is 12.7. The van der Waals surface area contributed by atoms with Crippen molar-refractivity contribution in [3.63, 3.8) is 0 Å². The van der Waals surface area contributed by atoms with Crippen molar-refractivity contribution in [3.8, 4) is 17.2 Å². The third kappa shape index (κ3) is 3.46. The number of fused-ring (bicyclic) bond motifs is 1. The zero-order chi connectivity index (χ0) is 17.9. The highest BCUT2D eigenvalue weighted by Crippen LogP contribution is 2.32. The van der Waals surface area contributed by atoms with Crippen LogP contribution in [-0.2, 0) is 6.54 Å². The average Bonchev–Trinajstić information content (AvgIpc) is 3.16. The number of carbonyl (C=O) groups excluding carboxylic acids is 1. The van der Waals surface area contributed by atoms with Gasteiger partial charge < -0.3 is 19.1 Å². The predicted molar refractivity (Wildman–Crippen MR) is 96.7 cm³/mol. The van der Waals surface area contributed by atoms with Crippen LogP contribution in [0.1, 0.15) is 15.9 Å². The normalized spacial score (nSPS) is 16.6. The lowest BCUT2D eigenvalue weighted by Crippen LogP contribution is -2.48. The Hall–Kier alpha value is -2.73. The molecule has 0 spiro atoms. The first kappa shape index (κ1) is 16.7. The molecule has 0 aliphatic carbocycles. The molecule has 2 heterocycles. The summed E-state index contributed by atoms with van der Waals surface area (Å²) in [4.78, 5) is 17.0. The lowest BCUT2D eigenvalue weighted by molar-refractivity contribution is 0.0628. The van der Waals surface area contributed by atoms with Crippen LogP contribution in [0, 0.1) is 0 Å². The molecule has 1 fully saturated rings. The SMILES string of the molecule is COc1cccc(CN2CCN(C(=O)c3ccc4c(c3)OCO4)CC2)c1. The smallest absolute Gasteiger partial charge is 0.254 e. The van der Waals surface area contributed by atoms with E-state index in [1.54, 1.807) is 25.3 Å². The van der Waals surface area contributed by atoms with Crippen molar-refractivity contribution >= 4 is 5.91 Å². The van der Waals surface area contributed by atoms with Crippen molar-refractivity contribution in [3.05, 3.63) is 53.6 Å². The van der Waals surface area contributed by atoms with E-state index < -0.39 is 0 Å². The fourth-order valence-electron chi connectivity index (χ4n) is 3.35. The van der Waals surface area contributed by atoms with Crippen molar-refractivity contribution in [2.75, 3.05) is 40.1 Å². The Balaban J connectivity index is 1.35. The van der Waals surface area contributed by atoms with Crippen LogP contribution in [0.25, 0.3) is 0 Å². The molecule has 0 unspecified atom stereocenters. The van der Waals surface area contributed by atoms with Gasteiger partial charge in [0.05, 0.1) is 7.11 Å². The predicted octanol–water partition coefficient (Wildman–Crippen LogP) is 2.38. The minimum absolute atomic E-state index is 0.0457. The Kier molecular flexibility index (Phi) is 4.67. The minimum Gasteiger partial charge on any atom is -0.497 e. The molecule has 136 valence electrons. The highest BCUT2D eigenvalue weighted by Gasteiger charge is 2.24. The summed E-state index contributed by atoms with van der Waals surface area (Å²) < 4.78 is 16.0. The number of ether oxygens (including phenoxy) is 3. The third-order valence-corrected chi connectivity index (χ3v) is 4.82. The number of rotatable bonds is 4. The number of carbonyl (C=O) groups is 1. The van der Waals surface area contributed by atoms with Crippen LogP contribution in [-0.4, -0.2) is 55.8 Å². The van der Waals surface area contributed by atoms with E-state index in [1.165, 1.54) is 5.56 Å². The standard InChI is InChI=1S/C20H22N2O4/c1-24-17-4-2-3-15(11-17)13-21-7-9-22(10-8-21)20(23)16-5-6-18-19(12-16)26-14-25-18/h2-6,11-12H,7-10,13-14H2,1H3. The van der Waals surface area contributed by atoms with E-state index >= 15 is 0 Å². The highest BCUT2D eigenvalue weighted by molar-refractivity contribution is 5.95. The first-order valence-electron chi connectivity index (χ1n) is 8.77. The summed E-state index contributed by atoms with van der Waals surface area (Å²) >= 11 is 0. The highest BCUT2D eigenvalue weighted by atomic mass is 16.7. The summed E-state index contributed by atoms with van der Waals surface area (Å²) in [6.45, 7) is 4.23. The molecule has 2 aliphatic heterocycles. The van der Waals surface area contributed by atoms with E-state index in [1.807, 2.05) is 17.0 Å². The first-order chi connectivity index (χ1) is 12.7. The molecule has 2 aromatic carbocycles. The summed E-state index contributed by atoms with van der Waals surface area (Å²) in [6, 6.07) is 13.5. The zero-order valence-corrected chi connectivity index (χ0v) is 14.8. The van der Waals surface area contributed by atoms with Crippen LogP contribution in [0.4, 0.5) is 0 Å². The fourth-order valence-corrected chi connectivity index (χ4v) is 3.35. The average molecular weight is 354 g/mol. The van der Waals surface area contributed by atoms with Crippen molar-refractivity contribution in [2.24, 2.45) is 0 Å². The van der Waals surface area contributed by atoms with Crippen LogP contribution in [0.3, 0.4) is 0 Å². The number of methoxy groups -OCH3 is 1. The number of nitrogens with zero attached hydrogens (tertiary/aromatic N) is 2. The van der Waals surface area contributed by atoms with Gasteiger partial charge in [0.2, 0.25) is 6.79 Å². The summed E-state index contributed by atoms with van der Waals surface area (Å²) in [6.07, 6.45) is 0. The van der Waals surface area contributed by atoms with E-state index in [-0.39, 0.29) is 12.7 Å². The van der Waals surface area contributed by atoms with Gasteiger partial charge in [0.1, 0.15) is 5.75 Å². The number of hydrogen-bond acceptors (Lipinski definition) is 5. The van der Waals surface area contributed by atoms with Crippen LogP contribution >= 0.6 is 0 Å². The third-order valence-electron chi connectivity index (χ3n) is 4.82. The van der Waals surface area contributed by atoms with Gasteiger partial charge in [-0.1, -0.05) is 12.1 Å². The van der Waals surface area contributed by atoms with Crippen molar-refractivity contribution in [1.29, 1.82) is 0 Å². The van der Waals surface area contributed by atoms with Gasteiger partial charge in [0.25, 0.3) is 5.91 Å². The molecule has 0 atom stereocenters. The Morgan fingerprint density at radius 2 is 1.85 bits per heavy atom. The molecule has 2 aliphatic rings. The minimum atomic E-state index is 0.0457. The lowest BCUT2D eigenvalue weighted by atomic mass is 10.1. The summed E-state index contributed by atoms with van der Waals surface area (Å²) in [5.74, 6) is 2.26. The maximum absolute atomic E-state index is 12.7. The van der Waals surface area contributed by atoms with E-state index in [9.17, 15) is 4.79 Å². The molecular weight excluding hydrogens is 332 g/mol. The largest absolute Gasteiger partial charge is 0.497 e. The van der Waals surface area contributed by atoms with Gasteiger partial charge in [-0.05, 0) is 35.9 Å². The molecule has 26 heavy (non-hydrogen) atoms. The quantitative estimate of drug-likeness (QED) is 0.844. The monoisotopic (exact) mass is 354 g/mol. The Morgan fingerprint density at radius 1 is 1.04 bits per heavy atom. The van der Waals surface area contributed by atoms with Crippen LogP contribution in [0.5, 0.6) is 17.2 Å². The van der Waals surface area contributed by atoms with E-state index in [2.05, 4.69) is 17.0 Å². The number of benzene rings is 2. The second kappa shape index (κ2) is 7.25. The van der Waals surface area contributed by atoms with Crippen LogP contribution < -0.4 is 14.2 Å². The molecule has 2 aromatic rings. The molecule has 1 amide bonds. The summed E-state index contributed by atoms with van der Waals surface area (Å²) in [5, 5.41) is 0. The van der Waals surface area contributed by atoms with Crippen molar-refractivity contribution in [2.45, 2.75) is 6.54 Å². The fraction of sp³-hybridized carbons (Fsp3) is 0.350. The lowest BCUT2D eigenvalue weighted by Gasteiger charge is -2.34. The Bertz CT molecular complexity index is 800. The molecule has 0 bridgehead atoms. The van der Waals surface area contributed by atoms with Gasteiger partial charge in [0, 0.05) is 38.3 Å². The van der Waals surface area contributed by atoms with E-state index in [0.29, 0.717) is 17.1 Å². The molecule has 6 nitrogen and oxygen atoms in total. The van der Waals surface area contributed by atoms with Crippen molar-refractivity contribution < 1.29 is 19.0 Å². The van der Waals surface area contributed by atoms with Gasteiger partial charge in [-0.2, -0.15) is 0 Å². The van der Waals surface area contributed by atoms with Gasteiger partial charge in [-0.25, -0.2) is 0 Å². The van der Waals surface area contributed by atoms with Crippen LogP contribution in [0.2, 0.25) is 0 Å². The molecule has 0 saturated carbocycles. The molecule has 6 heteroatoms. The van der Waals surface area contributed by atoms with E-state index in [4.69, 9.17) is 14.2 Å². The number of hydrogen-bond donors (Lipinski definition) is 0. The van der Waals surface area contributed by atoms with Gasteiger partial charge in [-0.3, -0.25) is 9.69 Å². The molecule has 0 N–H and O–H groups in total. The topological polar surface area (TPSA) is 51.2 Å². The van der Waals surface area contributed by atoms with E-state index in [0.717, 1.165) is 38.5 Å². The summed E-state index contributed by atoms with van der Waals surface area (Å²) in [7, 11) is 1.68. The molecular formula is C20H22N2O4. The van der Waals surface area contributed by atoms with Crippen LogP contribution in [0.15, 0.2) is 42.5 Å². The zero-order valence-electron chi connectivity index (χ0n) is 14.8. The van der Waals surface area contributed by atoms with Crippen molar-refractivity contribution in [1.82, 2.24) is 9.80 Å². The molecule has 0 aromatic heterocycles. The van der Waals surface area contributed by atoms with Gasteiger partial charge >= 0.3 is 0 Å². The molecule has 0 radical (unpaired) electrons. The first-order valence-corrected chi connectivity index (χ1v) is 8.77. The molecule has 4 rings (SSSR count). The van der Waals surface area contributed by atoms with Gasteiger partial charge in [-0.15, -0.1) is 0 Å². The second-order valence-corrected chi connectivity index (χ2v) is 6.49. The maximum Gasteiger partial charge on any atom is 0.254 e. The number of amides is 1.